The summed E-state index contributed by atoms with van der Waals surface area (Å²) in [6, 6.07) is 18.2. The molecule has 6 heteroatoms. The average molecular weight is 420 g/mol. The Balaban J connectivity index is 1.27. The van der Waals surface area contributed by atoms with Crippen LogP contribution in [0, 0.1) is 6.92 Å². The first-order chi connectivity index (χ1) is 15.2. The van der Waals surface area contributed by atoms with Gasteiger partial charge in [0.1, 0.15) is 18.1 Å². The summed E-state index contributed by atoms with van der Waals surface area (Å²) in [5.41, 5.74) is 3.07. The summed E-state index contributed by atoms with van der Waals surface area (Å²) >= 11 is 0. The summed E-state index contributed by atoms with van der Waals surface area (Å²) in [4.78, 5) is 4.84. The van der Waals surface area contributed by atoms with E-state index in [9.17, 15) is 0 Å². The number of aromatic nitrogens is 1. The summed E-state index contributed by atoms with van der Waals surface area (Å²) in [5, 5.41) is 3.91. The van der Waals surface area contributed by atoms with Crippen molar-refractivity contribution in [3.63, 3.8) is 0 Å². The summed E-state index contributed by atoms with van der Waals surface area (Å²) in [7, 11) is 1.73. The van der Waals surface area contributed by atoms with Gasteiger partial charge in [-0.1, -0.05) is 35.5 Å². The number of ether oxygens (including phenoxy) is 2. The molecular weight excluding hydrogens is 390 g/mol. The number of rotatable bonds is 8. The van der Waals surface area contributed by atoms with Gasteiger partial charge in [0.05, 0.1) is 18.5 Å². The summed E-state index contributed by atoms with van der Waals surface area (Å²) in [6.45, 7) is 7.45. The van der Waals surface area contributed by atoms with Crippen LogP contribution in [0.25, 0.3) is 12.2 Å². The molecule has 1 aromatic heterocycles. The van der Waals surface area contributed by atoms with Crippen molar-refractivity contribution in [2.75, 3.05) is 51.3 Å². The van der Waals surface area contributed by atoms with E-state index in [0.717, 1.165) is 61.2 Å². The molecule has 0 radical (unpaired) electrons. The van der Waals surface area contributed by atoms with Crippen molar-refractivity contribution < 1.29 is 14.0 Å². The van der Waals surface area contributed by atoms with Crippen LogP contribution in [-0.2, 0) is 0 Å². The van der Waals surface area contributed by atoms with Gasteiger partial charge in [0, 0.05) is 44.4 Å². The molecule has 2 heterocycles. The zero-order valence-corrected chi connectivity index (χ0v) is 18.2. The molecule has 3 aromatic rings. The van der Waals surface area contributed by atoms with Crippen LogP contribution in [-0.4, -0.2) is 56.5 Å². The number of hydrogen-bond acceptors (Lipinski definition) is 6. The Morgan fingerprint density at radius 1 is 0.968 bits per heavy atom. The van der Waals surface area contributed by atoms with E-state index in [1.807, 2.05) is 61.5 Å². The standard InChI is InChI=1S/C25H29N3O3/c1-20-19-22(31-26-20)12-11-21-7-3-5-9-24(21)30-18-17-27-13-15-28(16-14-27)23-8-4-6-10-25(23)29-2/h3-12,19H,13-18H2,1-2H3. The molecule has 0 spiro atoms. The van der Waals surface area contributed by atoms with Gasteiger partial charge < -0.3 is 18.9 Å². The number of hydrogen-bond donors (Lipinski definition) is 0. The van der Waals surface area contributed by atoms with Gasteiger partial charge in [-0.05, 0) is 37.3 Å². The first kappa shape index (κ1) is 21.0. The number of para-hydroxylation sites is 3. The lowest BCUT2D eigenvalue weighted by Crippen LogP contribution is -2.47. The zero-order chi connectivity index (χ0) is 21.5. The minimum absolute atomic E-state index is 0.654. The van der Waals surface area contributed by atoms with Gasteiger partial charge in [0.15, 0.2) is 5.76 Å². The first-order valence-electron chi connectivity index (χ1n) is 10.7. The lowest BCUT2D eigenvalue weighted by Gasteiger charge is -2.36. The smallest absolute Gasteiger partial charge is 0.159 e. The maximum absolute atomic E-state index is 6.11. The predicted molar refractivity (Wildman–Crippen MR) is 124 cm³/mol. The topological polar surface area (TPSA) is 51.0 Å². The Morgan fingerprint density at radius 2 is 1.71 bits per heavy atom. The molecule has 0 aliphatic carbocycles. The highest BCUT2D eigenvalue weighted by molar-refractivity contribution is 5.70. The van der Waals surface area contributed by atoms with Gasteiger partial charge in [-0.2, -0.15) is 0 Å². The Kier molecular flexibility index (Phi) is 6.89. The van der Waals surface area contributed by atoms with Crippen molar-refractivity contribution in [2.45, 2.75) is 6.92 Å². The van der Waals surface area contributed by atoms with E-state index in [2.05, 4.69) is 27.1 Å². The van der Waals surface area contributed by atoms with Crippen LogP contribution < -0.4 is 14.4 Å². The molecule has 0 atom stereocenters. The third kappa shape index (κ3) is 5.47. The molecular formula is C25H29N3O3. The third-order valence-electron chi connectivity index (χ3n) is 5.46. The highest BCUT2D eigenvalue weighted by atomic mass is 16.5. The Hall–Kier alpha value is -3.25. The number of benzene rings is 2. The molecule has 1 aliphatic heterocycles. The second-order valence-electron chi connectivity index (χ2n) is 7.59. The minimum atomic E-state index is 0.654. The summed E-state index contributed by atoms with van der Waals surface area (Å²) in [5.74, 6) is 2.55. The van der Waals surface area contributed by atoms with Gasteiger partial charge in [-0.25, -0.2) is 0 Å². The number of piperazine rings is 1. The number of anilines is 1. The molecule has 0 bridgehead atoms. The number of methoxy groups -OCH3 is 1. The molecule has 0 amide bonds. The fourth-order valence-electron chi connectivity index (χ4n) is 3.77. The van der Waals surface area contributed by atoms with Crippen molar-refractivity contribution in [3.8, 4) is 11.5 Å². The Bertz CT molecular complexity index is 1010. The zero-order valence-electron chi connectivity index (χ0n) is 18.2. The van der Waals surface area contributed by atoms with Crippen LogP contribution >= 0.6 is 0 Å². The third-order valence-corrected chi connectivity index (χ3v) is 5.46. The summed E-state index contributed by atoms with van der Waals surface area (Å²) in [6.07, 6.45) is 3.92. The molecule has 1 fully saturated rings. The van der Waals surface area contributed by atoms with E-state index in [-0.39, 0.29) is 0 Å². The monoisotopic (exact) mass is 419 g/mol. The lowest BCUT2D eigenvalue weighted by molar-refractivity contribution is 0.200. The van der Waals surface area contributed by atoms with E-state index < -0.39 is 0 Å². The molecule has 1 saturated heterocycles. The number of nitrogens with zero attached hydrogens (tertiary/aromatic N) is 3. The molecule has 4 rings (SSSR count). The molecule has 0 saturated carbocycles. The minimum Gasteiger partial charge on any atom is -0.495 e. The predicted octanol–water partition coefficient (Wildman–Crippen LogP) is 4.36. The second-order valence-corrected chi connectivity index (χ2v) is 7.59. The fraction of sp³-hybridized carbons (Fsp3) is 0.320. The van der Waals surface area contributed by atoms with Gasteiger partial charge in [0.25, 0.3) is 0 Å². The fourth-order valence-corrected chi connectivity index (χ4v) is 3.77. The maximum Gasteiger partial charge on any atom is 0.159 e. The van der Waals surface area contributed by atoms with E-state index in [1.165, 1.54) is 5.69 Å². The highest BCUT2D eigenvalue weighted by Crippen LogP contribution is 2.28. The van der Waals surface area contributed by atoms with Gasteiger partial charge in [-0.15, -0.1) is 0 Å². The van der Waals surface area contributed by atoms with E-state index in [0.29, 0.717) is 6.61 Å². The second kappa shape index (κ2) is 10.2. The molecule has 6 nitrogen and oxygen atoms in total. The Labute approximate surface area is 183 Å². The van der Waals surface area contributed by atoms with Crippen molar-refractivity contribution in [3.05, 3.63) is 71.6 Å². The first-order valence-corrected chi connectivity index (χ1v) is 10.7. The molecule has 2 aromatic carbocycles. The van der Waals surface area contributed by atoms with Crippen LogP contribution in [0.15, 0.2) is 59.1 Å². The Morgan fingerprint density at radius 3 is 2.45 bits per heavy atom. The molecule has 0 unspecified atom stereocenters. The SMILES string of the molecule is COc1ccccc1N1CCN(CCOc2ccccc2C=Cc2cc(C)no2)CC1. The van der Waals surface area contributed by atoms with E-state index >= 15 is 0 Å². The maximum atomic E-state index is 6.11. The van der Waals surface area contributed by atoms with Crippen molar-refractivity contribution in [1.29, 1.82) is 0 Å². The largest absolute Gasteiger partial charge is 0.495 e. The summed E-state index contributed by atoms with van der Waals surface area (Å²) < 4.78 is 16.9. The van der Waals surface area contributed by atoms with Crippen LogP contribution in [0.3, 0.4) is 0 Å². The van der Waals surface area contributed by atoms with Crippen molar-refractivity contribution >= 4 is 17.8 Å². The quantitative estimate of drug-likeness (QED) is 0.541. The molecule has 1 aliphatic rings. The molecule has 31 heavy (non-hydrogen) atoms. The van der Waals surface area contributed by atoms with Crippen molar-refractivity contribution in [2.24, 2.45) is 0 Å². The van der Waals surface area contributed by atoms with Crippen LogP contribution in [0.4, 0.5) is 5.69 Å². The van der Waals surface area contributed by atoms with Crippen LogP contribution in [0.5, 0.6) is 11.5 Å². The van der Waals surface area contributed by atoms with Gasteiger partial charge in [-0.3, -0.25) is 4.90 Å². The number of aryl methyl sites for hydroxylation is 1. The van der Waals surface area contributed by atoms with Crippen LogP contribution in [0.1, 0.15) is 17.0 Å². The normalized spacial score (nSPS) is 14.8. The van der Waals surface area contributed by atoms with Crippen LogP contribution in [0.2, 0.25) is 0 Å². The lowest BCUT2D eigenvalue weighted by atomic mass is 10.2. The van der Waals surface area contributed by atoms with Crippen molar-refractivity contribution in [1.82, 2.24) is 10.1 Å². The van der Waals surface area contributed by atoms with Gasteiger partial charge in [0.2, 0.25) is 0 Å². The average Bonchev–Trinajstić information content (AvgIpc) is 3.24. The van der Waals surface area contributed by atoms with E-state index in [4.69, 9.17) is 14.0 Å². The highest BCUT2D eigenvalue weighted by Gasteiger charge is 2.19. The van der Waals surface area contributed by atoms with Gasteiger partial charge >= 0.3 is 0 Å². The molecule has 162 valence electrons. The van der Waals surface area contributed by atoms with E-state index in [1.54, 1.807) is 7.11 Å². The molecule has 0 N–H and O–H groups in total.